The summed E-state index contributed by atoms with van der Waals surface area (Å²) in [4.78, 5) is 18.2. The van der Waals surface area contributed by atoms with Crippen LogP contribution in [0.4, 0.5) is 0 Å². The van der Waals surface area contributed by atoms with Gasteiger partial charge in [-0.15, -0.1) is 45.3 Å². The Morgan fingerprint density at radius 1 is 0.704 bits per heavy atom. The van der Waals surface area contributed by atoms with E-state index in [4.69, 9.17) is 0 Å². The summed E-state index contributed by atoms with van der Waals surface area (Å²) in [6.07, 6.45) is 19.9. The van der Waals surface area contributed by atoms with E-state index in [1.807, 2.05) is 71.3 Å². The molecule has 4 aromatic heterocycles. The minimum absolute atomic E-state index is 0.0288. The van der Waals surface area contributed by atoms with Gasteiger partial charge in [0.15, 0.2) is 5.78 Å². The van der Waals surface area contributed by atoms with Crippen LogP contribution in [0.5, 0.6) is 0 Å². The number of nitrogens with zero attached hydrogens (tertiary/aromatic N) is 4. The Balaban J connectivity index is 1.11. The van der Waals surface area contributed by atoms with E-state index in [0.717, 1.165) is 72.3 Å². The number of allylic oxidation sites excluding steroid dienone is 10. The molecule has 260 valence electrons. The molecular formula is C44H28N4O2S4. The van der Waals surface area contributed by atoms with E-state index in [-0.39, 0.29) is 22.3 Å². The lowest BCUT2D eigenvalue weighted by atomic mass is 9.68. The quantitative estimate of drug-likeness (QED) is 0.159. The number of Topliss-reactive ketones (excluding diaryl/α,β-unsaturated/α-hetero) is 1. The lowest BCUT2D eigenvalue weighted by Gasteiger charge is -2.35. The van der Waals surface area contributed by atoms with Crippen molar-refractivity contribution >= 4 is 82.1 Å². The van der Waals surface area contributed by atoms with Crippen LogP contribution in [0, 0.1) is 45.3 Å². The summed E-state index contributed by atoms with van der Waals surface area (Å²) in [6.45, 7) is 0. The van der Waals surface area contributed by atoms with Gasteiger partial charge in [-0.2, -0.15) is 21.0 Å². The maximum absolute atomic E-state index is 13.6. The highest BCUT2D eigenvalue weighted by Gasteiger charge is 2.48. The summed E-state index contributed by atoms with van der Waals surface area (Å²) in [5.74, 6) is -0.123. The number of aliphatic hydroxyl groups excluding tert-OH is 1. The van der Waals surface area contributed by atoms with Crippen LogP contribution in [0.3, 0.4) is 0 Å². The molecule has 1 N–H and O–H groups in total. The van der Waals surface area contributed by atoms with E-state index in [0.29, 0.717) is 33.4 Å². The van der Waals surface area contributed by atoms with E-state index in [1.54, 1.807) is 22.7 Å². The van der Waals surface area contributed by atoms with Crippen LogP contribution in [-0.2, 0) is 10.2 Å². The van der Waals surface area contributed by atoms with Crippen molar-refractivity contribution < 1.29 is 9.90 Å². The van der Waals surface area contributed by atoms with Crippen LogP contribution < -0.4 is 0 Å². The van der Waals surface area contributed by atoms with Crippen LogP contribution in [0.2, 0.25) is 0 Å². The highest BCUT2D eigenvalue weighted by Crippen LogP contribution is 2.65. The van der Waals surface area contributed by atoms with Crippen molar-refractivity contribution in [2.45, 2.75) is 69.3 Å². The number of ketones is 1. The van der Waals surface area contributed by atoms with E-state index in [1.165, 1.54) is 46.1 Å². The molecule has 0 radical (unpaired) electrons. The number of fused-ring (bicyclic) bond motifs is 11. The zero-order valence-corrected chi connectivity index (χ0v) is 32.1. The van der Waals surface area contributed by atoms with E-state index in [2.05, 4.69) is 24.3 Å². The summed E-state index contributed by atoms with van der Waals surface area (Å²) >= 11 is 7.08. The molecule has 1 atom stereocenters. The summed E-state index contributed by atoms with van der Waals surface area (Å²) < 4.78 is 5.00. The van der Waals surface area contributed by atoms with Crippen molar-refractivity contribution in [2.24, 2.45) is 0 Å². The zero-order valence-electron chi connectivity index (χ0n) is 28.8. The molecule has 4 heterocycles. The van der Waals surface area contributed by atoms with Crippen molar-refractivity contribution in [1.82, 2.24) is 0 Å². The van der Waals surface area contributed by atoms with Crippen LogP contribution in [0.15, 0.2) is 92.2 Å². The van der Waals surface area contributed by atoms with E-state index in [9.17, 15) is 30.9 Å². The van der Waals surface area contributed by atoms with Gasteiger partial charge in [-0.3, -0.25) is 4.79 Å². The number of aliphatic hydroxyl groups is 1. The summed E-state index contributed by atoms with van der Waals surface area (Å²) in [5, 5.41) is 50.9. The predicted molar refractivity (Wildman–Crippen MR) is 217 cm³/mol. The predicted octanol–water partition coefficient (Wildman–Crippen LogP) is 11.2. The van der Waals surface area contributed by atoms with Crippen molar-refractivity contribution in [2.75, 3.05) is 0 Å². The summed E-state index contributed by atoms with van der Waals surface area (Å²) in [6, 6.07) is 12.7. The van der Waals surface area contributed by atoms with Gasteiger partial charge >= 0.3 is 0 Å². The first kappa shape index (κ1) is 33.4. The minimum Gasteiger partial charge on any atom is -0.384 e. The number of nitriles is 4. The first-order chi connectivity index (χ1) is 26.4. The third-order valence-electron chi connectivity index (χ3n) is 11.7. The van der Waals surface area contributed by atoms with Gasteiger partial charge in [-0.25, -0.2) is 0 Å². The fourth-order valence-corrected chi connectivity index (χ4v) is 15.2. The molecule has 0 aliphatic heterocycles. The maximum Gasteiger partial charge on any atom is 0.194 e. The van der Waals surface area contributed by atoms with Gasteiger partial charge in [-0.1, -0.05) is 43.6 Å². The van der Waals surface area contributed by atoms with E-state index >= 15 is 0 Å². The van der Waals surface area contributed by atoms with Crippen molar-refractivity contribution in [1.29, 1.82) is 21.0 Å². The lowest BCUT2D eigenvalue weighted by Crippen LogP contribution is -2.27. The summed E-state index contributed by atoms with van der Waals surface area (Å²) in [5.41, 5.74) is 7.74. The minimum atomic E-state index is -0.877. The Kier molecular flexibility index (Phi) is 7.69. The Morgan fingerprint density at radius 2 is 1.37 bits per heavy atom. The third kappa shape index (κ3) is 4.56. The second kappa shape index (κ2) is 12.4. The second-order valence-corrected chi connectivity index (χ2v) is 18.7. The van der Waals surface area contributed by atoms with Gasteiger partial charge in [-0.05, 0) is 90.7 Å². The SMILES string of the molecule is N#CC(C#N)=C1C2=CCCC=C2C(O)/C1=C\c1cc2c(s1)-c1sc3c(sc4cc(/C=C5/C(=O)C6=CCCC=C6C5=C(C#N)C#N)sc43)c1C21CCCCC1. The Hall–Kier alpha value is -5.17. The largest absolute Gasteiger partial charge is 0.384 e. The summed E-state index contributed by atoms with van der Waals surface area (Å²) in [7, 11) is 0. The molecule has 0 bridgehead atoms. The van der Waals surface area contributed by atoms with Gasteiger partial charge in [0.1, 0.15) is 41.5 Å². The average molecular weight is 773 g/mol. The molecule has 10 rings (SSSR count). The number of thiophene rings is 4. The van der Waals surface area contributed by atoms with Gasteiger partial charge < -0.3 is 5.11 Å². The molecule has 6 aliphatic rings. The molecule has 54 heavy (non-hydrogen) atoms. The number of hydrogen-bond acceptors (Lipinski definition) is 10. The second-order valence-electron chi connectivity index (χ2n) is 14.4. The smallest absolute Gasteiger partial charge is 0.194 e. The first-order valence-corrected chi connectivity index (χ1v) is 21.4. The normalized spacial score (nSPS) is 22.2. The topological polar surface area (TPSA) is 132 Å². The number of rotatable bonds is 2. The average Bonchev–Trinajstić information content (AvgIpc) is 4.05. The van der Waals surface area contributed by atoms with Crippen LogP contribution >= 0.6 is 45.3 Å². The van der Waals surface area contributed by atoms with Gasteiger partial charge in [0.25, 0.3) is 0 Å². The highest BCUT2D eigenvalue weighted by molar-refractivity contribution is 7.40. The molecule has 3 saturated carbocycles. The maximum atomic E-state index is 13.6. The number of carbonyl (C=O) groups excluding carboxylic acids is 1. The number of carbonyl (C=O) groups is 1. The third-order valence-corrected chi connectivity index (χ3v) is 16.8. The molecule has 3 fully saturated rings. The van der Waals surface area contributed by atoms with Crippen LogP contribution in [0.1, 0.15) is 78.7 Å². The Morgan fingerprint density at radius 3 is 2.11 bits per heavy atom. The molecule has 4 aromatic rings. The van der Waals surface area contributed by atoms with Crippen molar-refractivity contribution in [3.63, 3.8) is 0 Å². The van der Waals surface area contributed by atoms with Crippen LogP contribution in [-0.4, -0.2) is 17.0 Å². The molecular weight excluding hydrogens is 745 g/mol. The molecule has 0 amide bonds. The van der Waals surface area contributed by atoms with Gasteiger partial charge in [0.05, 0.1) is 19.0 Å². The Labute approximate surface area is 327 Å². The zero-order chi connectivity index (χ0) is 36.9. The lowest BCUT2D eigenvalue weighted by molar-refractivity contribution is -0.111. The van der Waals surface area contributed by atoms with E-state index < -0.39 is 6.10 Å². The molecule has 10 heteroatoms. The fraction of sp³-hybridized carbons (Fsp3) is 0.250. The number of hydrogen-bond donors (Lipinski definition) is 1. The fourth-order valence-electron chi connectivity index (χ4n) is 9.48. The van der Waals surface area contributed by atoms with Gasteiger partial charge in [0, 0.05) is 52.6 Å². The molecule has 6 aliphatic carbocycles. The highest BCUT2D eigenvalue weighted by atomic mass is 32.1. The van der Waals surface area contributed by atoms with Crippen LogP contribution in [0.25, 0.3) is 40.7 Å². The van der Waals surface area contributed by atoms with Crippen molar-refractivity contribution in [3.05, 3.63) is 113 Å². The molecule has 0 saturated heterocycles. The van der Waals surface area contributed by atoms with Crippen molar-refractivity contribution in [3.8, 4) is 34.0 Å². The molecule has 6 nitrogen and oxygen atoms in total. The Bertz CT molecular complexity index is 2850. The van der Waals surface area contributed by atoms with Gasteiger partial charge in [0.2, 0.25) is 0 Å². The first-order valence-electron chi connectivity index (χ1n) is 18.1. The molecule has 1 spiro atoms. The monoisotopic (exact) mass is 772 g/mol. The molecule has 0 aromatic carbocycles. The molecule has 1 unspecified atom stereocenters. The standard InChI is InChI=1S/C44H28N4O2S4/c45-18-22(19-46)34-26-8-2-4-10-28(26)37(49)30(34)14-24-16-32-39(51-24)41-36(44(32)12-6-1-7-13-44)42-43(54-41)40-33(53-42)17-25(52-40)15-31-35(23(20-47)21-48)27-9-3-5-11-29(27)38(31)50/h8-11,14-17,37,49H,1-7,12-13H2/b30-14-,31-15+.